The monoisotopic (exact) mass is 316 g/mol. The van der Waals surface area contributed by atoms with Crippen LogP contribution in [0.3, 0.4) is 0 Å². The first-order valence-corrected chi connectivity index (χ1v) is 7.14. The van der Waals surface area contributed by atoms with Crippen molar-refractivity contribution in [1.29, 1.82) is 5.26 Å². The Balaban J connectivity index is 1.94. The molecule has 0 spiro atoms. The van der Waals surface area contributed by atoms with Gasteiger partial charge in [-0.25, -0.2) is 9.97 Å². The first-order chi connectivity index (χ1) is 11.7. The van der Waals surface area contributed by atoms with Gasteiger partial charge < -0.3 is 10.5 Å². The van der Waals surface area contributed by atoms with Crippen LogP contribution in [0.4, 0.5) is 5.82 Å². The maximum absolute atomic E-state index is 9.44. The lowest BCUT2D eigenvalue weighted by Gasteiger charge is -2.08. The summed E-state index contributed by atoms with van der Waals surface area (Å²) in [7, 11) is 0. The highest BCUT2D eigenvalue weighted by Gasteiger charge is 2.19. The maximum Gasteiger partial charge on any atom is 0.217 e. The largest absolute Gasteiger partial charge is 0.457 e. The number of ether oxygens (including phenoxy) is 1. The number of nitriles is 1. The molecule has 1 heterocycles. The summed E-state index contributed by atoms with van der Waals surface area (Å²) < 4.78 is 5.73. The molecule has 0 unspecified atom stereocenters. The molecule has 116 valence electrons. The molecule has 0 amide bonds. The molecule has 0 atom stereocenters. The van der Waals surface area contributed by atoms with Crippen LogP contribution in [-0.2, 0) is 0 Å². The summed E-state index contributed by atoms with van der Waals surface area (Å²) in [5.41, 5.74) is 7.59. The molecule has 6 nitrogen and oxygen atoms in total. The van der Waals surface area contributed by atoms with E-state index >= 15 is 0 Å². The van der Waals surface area contributed by atoms with Crippen LogP contribution in [0.5, 0.6) is 11.5 Å². The van der Waals surface area contributed by atoms with Crippen molar-refractivity contribution in [3.63, 3.8) is 0 Å². The van der Waals surface area contributed by atoms with E-state index in [4.69, 9.17) is 15.9 Å². The minimum atomic E-state index is 0.260. The highest BCUT2D eigenvalue weighted by Crippen LogP contribution is 2.25. The average molecular weight is 316 g/mol. The SMILES string of the molecule is N#Cc1cc(Oc2ccccc2)ccc1C(=[NH2+])c1cncnc1N. The Morgan fingerprint density at radius 2 is 1.88 bits per heavy atom. The fourth-order valence-corrected chi connectivity index (χ4v) is 2.23. The summed E-state index contributed by atoms with van der Waals surface area (Å²) in [6.45, 7) is 0. The quantitative estimate of drug-likeness (QED) is 0.705. The smallest absolute Gasteiger partial charge is 0.217 e. The molecule has 3 aromatic rings. The van der Waals surface area contributed by atoms with Crippen molar-refractivity contribution in [3.05, 3.63) is 77.7 Å². The molecular formula is C18H14N5O+. The van der Waals surface area contributed by atoms with Crippen molar-refractivity contribution in [2.75, 3.05) is 5.73 Å². The zero-order valence-electron chi connectivity index (χ0n) is 12.7. The van der Waals surface area contributed by atoms with Crippen LogP contribution in [0, 0.1) is 11.3 Å². The van der Waals surface area contributed by atoms with Crippen LogP contribution < -0.4 is 15.9 Å². The second-order valence-corrected chi connectivity index (χ2v) is 4.97. The maximum atomic E-state index is 9.44. The number of nitrogens with two attached hydrogens (primary N) is 2. The highest BCUT2D eigenvalue weighted by atomic mass is 16.5. The number of nitrogens with zero attached hydrogens (tertiary/aromatic N) is 3. The summed E-state index contributed by atoms with van der Waals surface area (Å²) in [6.07, 6.45) is 2.86. The first-order valence-electron chi connectivity index (χ1n) is 7.14. The Morgan fingerprint density at radius 1 is 1.08 bits per heavy atom. The molecule has 6 heteroatoms. The normalized spacial score (nSPS) is 9.96. The topological polar surface area (TPSA) is 110 Å². The molecule has 0 saturated heterocycles. The van der Waals surface area contributed by atoms with E-state index in [1.165, 1.54) is 12.5 Å². The van der Waals surface area contributed by atoms with Gasteiger partial charge in [0, 0.05) is 6.20 Å². The lowest BCUT2D eigenvalue weighted by molar-refractivity contribution is -0.111. The molecule has 0 aliphatic carbocycles. The minimum absolute atomic E-state index is 0.260. The third kappa shape index (κ3) is 3.05. The van der Waals surface area contributed by atoms with E-state index in [2.05, 4.69) is 16.0 Å². The van der Waals surface area contributed by atoms with E-state index in [9.17, 15) is 5.26 Å². The second kappa shape index (κ2) is 6.58. The van der Waals surface area contributed by atoms with Crippen molar-refractivity contribution in [3.8, 4) is 17.6 Å². The molecule has 2 aromatic carbocycles. The fraction of sp³-hybridized carbons (Fsp3) is 0. The second-order valence-electron chi connectivity index (χ2n) is 4.97. The Labute approximate surface area is 138 Å². The van der Waals surface area contributed by atoms with Crippen LogP contribution in [0.25, 0.3) is 0 Å². The van der Waals surface area contributed by atoms with Gasteiger partial charge in [-0.05, 0) is 30.3 Å². The number of para-hydroxylation sites is 1. The van der Waals surface area contributed by atoms with Crippen molar-refractivity contribution in [2.24, 2.45) is 0 Å². The van der Waals surface area contributed by atoms with Crippen LogP contribution in [-0.4, -0.2) is 15.7 Å². The number of benzene rings is 2. The van der Waals surface area contributed by atoms with E-state index in [0.717, 1.165) is 0 Å². The summed E-state index contributed by atoms with van der Waals surface area (Å²) in [6, 6.07) is 16.6. The molecule has 1 aromatic heterocycles. The molecule has 0 aliphatic rings. The number of nitrogen functional groups attached to an aromatic ring is 1. The third-order valence-electron chi connectivity index (χ3n) is 3.41. The van der Waals surface area contributed by atoms with Gasteiger partial charge >= 0.3 is 0 Å². The number of hydrogen-bond donors (Lipinski definition) is 2. The third-order valence-corrected chi connectivity index (χ3v) is 3.41. The minimum Gasteiger partial charge on any atom is -0.457 e. The van der Waals surface area contributed by atoms with Crippen LogP contribution >= 0.6 is 0 Å². The lowest BCUT2D eigenvalue weighted by Crippen LogP contribution is -2.42. The van der Waals surface area contributed by atoms with Gasteiger partial charge in [-0.1, -0.05) is 18.2 Å². The van der Waals surface area contributed by atoms with Crippen molar-refractivity contribution in [2.45, 2.75) is 0 Å². The van der Waals surface area contributed by atoms with Crippen molar-refractivity contribution >= 4 is 11.5 Å². The van der Waals surface area contributed by atoms with Crippen molar-refractivity contribution in [1.82, 2.24) is 9.97 Å². The molecule has 0 aliphatic heterocycles. The van der Waals surface area contributed by atoms with Gasteiger partial charge in [-0.3, -0.25) is 5.41 Å². The van der Waals surface area contributed by atoms with Crippen molar-refractivity contribution < 1.29 is 10.1 Å². The molecule has 4 N–H and O–H groups in total. The lowest BCUT2D eigenvalue weighted by atomic mass is 9.99. The summed E-state index contributed by atoms with van der Waals surface area (Å²) >= 11 is 0. The van der Waals surface area contributed by atoms with Crippen LogP contribution in [0.1, 0.15) is 16.7 Å². The predicted octanol–water partition coefficient (Wildman–Crippen LogP) is 1.32. The number of aromatic nitrogens is 2. The predicted molar refractivity (Wildman–Crippen MR) is 89.3 cm³/mol. The highest BCUT2D eigenvalue weighted by molar-refractivity contribution is 6.12. The Bertz CT molecular complexity index is 932. The van der Waals surface area contributed by atoms with E-state index in [1.54, 1.807) is 18.2 Å². The number of rotatable bonds is 4. The van der Waals surface area contributed by atoms with Crippen LogP contribution in [0.15, 0.2) is 61.1 Å². The fourth-order valence-electron chi connectivity index (χ4n) is 2.23. The molecule has 3 rings (SSSR count). The standard InChI is InChI=1S/C18H13N5O/c19-9-12-8-14(24-13-4-2-1-3-5-13)6-7-15(12)17(20)16-10-22-11-23-18(16)21/h1-8,10-11,20H,(H2,21,22,23)/p+1. The van der Waals surface area contributed by atoms with Gasteiger partial charge in [-0.15, -0.1) is 0 Å². The zero-order valence-corrected chi connectivity index (χ0v) is 12.7. The molecule has 0 fully saturated rings. The number of anilines is 1. The summed E-state index contributed by atoms with van der Waals surface area (Å²) in [5.74, 6) is 1.49. The van der Waals surface area contributed by atoms with E-state index in [-0.39, 0.29) is 5.82 Å². The van der Waals surface area contributed by atoms with E-state index in [1.807, 2.05) is 30.3 Å². The summed E-state index contributed by atoms with van der Waals surface area (Å²) in [4.78, 5) is 7.83. The molecule has 24 heavy (non-hydrogen) atoms. The number of hydrogen-bond acceptors (Lipinski definition) is 5. The molecule has 0 bridgehead atoms. The van der Waals surface area contributed by atoms with Gasteiger partial charge in [0.1, 0.15) is 35.3 Å². The zero-order chi connectivity index (χ0) is 16.9. The molecule has 0 saturated carbocycles. The van der Waals surface area contributed by atoms with E-state index < -0.39 is 0 Å². The Hall–Kier alpha value is -3.72. The Morgan fingerprint density at radius 3 is 2.58 bits per heavy atom. The Kier molecular flexibility index (Phi) is 4.17. The summed E-state index contributed by atoms with van der Waals surface area (Å²) in [5, 5.41) is 15.6. The molecular weight excluding hydrogens is 302 g/mol. The van der Waals surface area contributed by atoms with Gasteiger partial charge in [0.05, 0.1) is 11.1 Å². The molecule has 0 radical (unpaired) electrons. The van der Waals surface area contributed by atoms with Gasteiger partial charge in [0.25, 0.3) is 0 Å². The average Bonchev–Trinajstić information content (AvgIpc) is 2.62. The van der Waals surface area contributed by atoms with Gasteiger partial charge in [-0.2, -0.15) is 5.26 Å². The van der Waals surface area contributed by atoms with Gasteiger partial charge in [0.2, 0.25) is 5.71 Å². The van der Waals surface area contributed by atoms with E-state index in [0.29, 0.717) is 33.9 Å². The van der Waals surface area contributed by atoms with Crippen LogP contribution in [0.2, 0.25) is 0 Å². The van der Waals surface area contributed by atoms with Gasteiger partial charge in [0.15, 0.2) is 0 Å². The first kappa shape index (κ1) is 15.2.